The van der Waals surface area contributed by atoms with Gasteiger partial charge in [-0.1, -0.05) is 0 Å². The number of hydrogen-bond acceptors (Lipinski definition) is 7. The van der Waals surface area contributed by atoms with Crippen molar-refractivity contribution in [2.24, 2.45) is 5.73 Å². The van der Waals surface area contributed by atoms with Crippen LogP contribution in [0.4, 0.5) is 4.79 Å². The highest BCUT2D eigenvalue weighted by Gasteiger charge is 2.29. The van der Waals surface area contributed by atoms with Gasteiger partial charge in [0.1, 0.15) is 17.2 Å². The molecule has 0 aromatic carbocycles. The number of piperazine rings is 1. The van der Waals surface area contributed by atoms with Gasteiger partial charge in [0, 0.05) is 19.5 Å². The lowest BCUT2D eigenvalue weighted by atomic mass is 10.1. The molecule has 0 aromatic rings. The van der Waals surface area contributed by atoms with Gasteiger partial charge in [-0.25, -0.2) is 9.59 Å². The van der Waals surface area contributed by atoms with E-state index in [9.17, 15) is 14.4 Å². The number of nitrogens with zero attached hydrogens (tertiary/aromatic N) is 2. The molecule has 1 saturated heterocycles. The van der Waals surface area contributed by atoms with Gasteiger partial charge in [-0.05, 0) is 34.1 Å². The van der Waals surface area contributed by atoms with Gasteiger partial charge in [-0.2, -0.15) is 0 Å². The molecule has 8 nitrogen and oxygen atoms in total. The average Bonchev–Trinajstić information content (AvgIpc) is 2.50. The standard InChI is InChI=1S/C16H27N3O5/c1-5-23-15(22)18-8-9-19(12(10-18)11-20)13(17)6-7-14(21)24-16(2,3)4/h13H,5-10,17H2,1-4H3. The molecule has 0 aliphatic carbocycles. The van der Waals surface area contributed by atoms with E-state index in [-0.39, 0.29) is 31.2 Å². The predicted molar refractivity (Wildman–Crippen MR) is 87.6 cm³/mol. The number of ether oxygens (including phenoxy) is 2. The topological polar surface area (TPSA) is 102 Å². The quantitative estimate of drug-likeness (QED) is 0.585. The summed E-state index contributed by atoms with van der Waals surface area (Å²) in [5.41, 5.74) is 5.83. The molecule has 0 aromatic heterocycles. The summed E-state index contributed by atoms with van der Waals surface area (Å²) in [6.07, 6.45) is -0.479. The first-order chi connectivity index (χ1) is 11.2. The molecule has 0 bridgehead atoms. The predicted octanol–water partition coefficient (Wildman–Crippen LogP) is 0.883. The first kappa shape index (κ1) is 20.0. The Morgan fingerprint density at radius 2 is 2.00 bits per heavy atom. The van der Waals surface area contributed by atoms with Crippen LogP contribution in [-0.4, -0.2) is 65.8 Å². The lowest BCUT2D eigenvalue weighted by Crippen LogP contribution is -2.53. The average molecular weight is 341 g/mol. The molecule has 8 heteroatoms. The normalized spacial score (nSPS) is 16.5. The van der Waals surface area contributed by atoms with Crippen molar-refractivity contribution in [2.75, 3.05) is 26.2 Å². The van der Waals surface area contributed by atoms with Gasteiger partial charge in [0.15, 0.2) is 0 Å². The maximum absolute atomic E-state index is 11.8. The van der Waals surface area contributed by atoms with E-state index >= 15 is 0 Å². The molecule has 1 amide bonds. The van der Waals surface area contributed by atoms with Crippen LogP contribution in [-0.2, 0) is 19.1 Å². The highest BCUT2D eigenvalue weighted by Crippen LogP contribution is 2.17. The van der Waals surface area contributed by atoms with Crippen molar-refractivity contribution in [3.63, 3.8) is 0 Å². The summed E-state index contributed by atoms with van der Waals surface area (Å²) < 4.78 is 10.2. The summed E-state index contributed by atoms with van der Waals surface area (Å²) in [5, 5.41) is 0. The number of nitrogens with two attached hydrogens (primary N) is 1. The Kier molecular flexibility index (Phi) is 7.25. The Labute approximate surface area is 142 Å². The largest absolute Gasteiger partial charge is 0.460 e. The van der Waals surface area contributed by atoms with Crippen LogP contribution >= 0.6 is 0 Å². The maximum atomic E-state index is 11.8. The van der Waals surface area contributed by atoms with Crippen molar-refractivity contribution in [1.82, 2.24) is 9.80 Å². The smallest absolute Gasteiger partial charge is 0.410 e. The van der Waals surface area contributed by atoms with Gasteiger partial charge in [0.05, 0.1) is 19.3 Å². The summed E-state index contributed by atoms with van der Waals surface area (Å²) >= 11 is 0. The van der Waals surface area contributed by atoms with Crippen molar-refractivity contribution in [2.45, 2.75) is 52.3 Å². The highest BCUT2D eigenvalue weighted by molar-refractivity contribution is 5.70. The van der Waals surface area contributed by atoms with E-state index in [4.69, 9.17) is 15.2 Å². The molecule has 1 unspecified atom stereocenters. The number of hydrogen-bond donors (Lipinski definition) is 1. The molecular weight excluding hydrogens is 314 g/mol. The monoisotopic (exact) mass is 341 g/mol. The number of carbonyl (C=O) groups is 2. The van der Waals surface area contributed by atoms with E-state index in [1.54, 1.807) is 32.6 Å². The van der Waals surface area contributed by atoms with Crippen LogP contribution in [0.1, 0.15) is 40.5 Å². The second kappa shape index (κ2) is 8.70. The zero-order valence-electron chi connectivity index (χ0n) is 14.8. The van der Waals surface area contributed by atoms with Gasteiger partial charge in [0.25, 0.3) is 0 Å². The zero-order chi connectivity index (χ0) is 18.3. The summed E-state index contributed by atoms with van der Waals surface area (Å²) in [7, 11) is 0. The zero-order valence-corrected chi connectivity index (χ0v) is 14.8. The minimum atomic E-state index is -0.541. The van der Waals surface area contributed by atoms with Crippen LogP contribution in [0.5, 0.6) is 0 Å². The number of carbonyl (C=O) groups excluding carboxylic acids is 3. The molecule has 1 atom stereocenters. The summed E-state index contributed by atoms with van der Waals surface area (Å²) in [5.74, 6) is 1.50. The second-order valence-electron chi connectivity index (χ2n) is 6.56. The molecule has 2 N–H and O–H groups in total. The Balaban J connectivity index is 2.56. The lowest BCUT2D eigenvalue weighted by molar-refractivity contribution is -0.155. The summed E-state index contributed by atoms with van der Waals surface area (Å²) in [6, 6.07) is 0. The fourth-order valence-corrected chi connectivity index (χ4v) is 2.36. The van der Waals surface area contributed by atoms with Gasteiger partial charge >= 0.3 is 12.1 Å². The summed E-state index contributed by atoms with van der Waals surface area (Å²) in [4.78, 5) is 37.8. The maximum Gasteiger partial charge on any atom is 0.410 e. The molecule has 1 aliphatic rings. The number of amides is 1. The molecule has 1 rings (SSSR count). The van der Waals surface area contributed by atoms with Gasteiger partial charge < -0.3 is 20.1 Å². The SMILES string of the molecule is CCOC(=O)N1CCN(C(N)CCC(=O)OC(C)(C)C)C(=C=O)C1. The van der Waals surface area contributed by atoms with Gasteiger partial charge in [-0.3, -0.25) is 9.69 Å². The van der Waals surface area contributed by atoms with Crippen LogP contribution in [0.25, 0.3) is 0 Å². The molecule has 24 heavy (non-hydrogen) atoms. The fraction of sp³-hybridized carbons (Fsp3) is 0.750. The Morgan fingerprint density at radius 1 is 1.33 bits per heavy atom. The van der Waals surface area contributed by atoms with Crippen LogP contribution in [0.3, 0.4) is 0 Å². The first-order valence-corrected chi connectivity index (χ1v) is 8.07. The first-order valence-electron chi connectivity index (χ1n) is 8.07. The third-order valence-electron chi connectivity index (χ3n) is 3.41. The van der Waals surface area contributed by atoms with E-state index < -0.39 is 17.9 Å². The molecule has 0 spiro atoms. The fourth-order valence-electron chi connectivity index (χ4n) is 2.36. The third kappa shape index (κ3) is 6.22. The van der Waals surface area contributed by atoms with Crippen molar-refractivity contribution in [3.8, 4) is 0 Å². The molecule has 1 heterocycles. The Bertz CT molecular complexity index is 508. The van der Waals surface area contributed by atoms with Crippen molar-refractivity contribution >= 4 is 18.0 Å². The third-order valence-corrected chi connectivity index (χ3v) is 3.41. The molecular formula is C16H27N3O5. The van der Waals surface area contributed by atoms with E-state index in [2.05, 4.69) is 0 Å². The van der Waals surface area contributed by atoms with Crippen LogP contribution in [0.15, 0.2) is 5.70 Å². The van der Waals surface area contributed by atoms with Gasteiger partial charge in [0.2, 0.25) is 0 Å². The van der Waals surface area contributed by atoms with E-state index in [0.717, 1.165) is 0 Å². The summed E-state index contributed by atoms with van der Waals surface area (Å²) in [6.45, 7) is 8.27. The highest BCUT2D eigenvalue weighted by atomic mass is 16.6. The molecule has 0 saturated carbocycles. The van der Waals surface area contributed by atoms with Crippen molar-refractivity contribution < 1.29 is 23.9 Å². The van der Waals surface area contributed by atoms with Crippen LogP contribution in [0, 0.1) is 0 Å². The number of esters is 1. The van der Waals surface area contributed by atoms with Crippen molar-refractivity contribution in [1.29, 1.82) is 0 Å². The van der Waals surface area contributed by atoms with Crippen LogP contribution < -0.4 is 5.73 Å². The Morgan fingerprint density at radius 3 is 2.54 bits per heavy atom. The van der Waals surface area contributed by atoms with Crippen molar-refractivity contribution in [3.05, 3.63) is 5.70 Å². The molecule has 1 fully saturated rings. The minimum Gasteiger partial charge on any atom is -0.460 e. The second-order valence-corrected chi connectivity index (χ2v) is 6.56. The van der Waals surface area contributed by atoms with E-state index in [1.807, 2.05) is 5.94 Å². The minimum absolute atomic E-state index is 0.0997. The van der Waals surface area contributed by atoms with E-state index in [1.165, 1.54) is 4.90 Å². The number of rotatable bonds is 5. The lowest BCUT2D eigenvalue weighted by Gasteiger charge is -2.39. The molecule has 136 valence electrons. The van der Waals surface area contributed by atoms with Gasteiger partial charge in [-0.15, -0.1) is 0 Å². The molecule has 1 aliphatic heterocycles. The van der Waals surface area contributed by atoms with E-state index in [0.29, 0.717) is 19.5 Å². The Hall–Kier alpha value is -2.05. The molecule has 0 radical (unpaired) electrons. The van der Waals surface area contributed by atoms with Crippen LogP contribution in [0.2, 0.25) is 0 Å².